The van der Waals surface area contributed by atoms with Gasteiger partial charge in [-0.1, -0.05) is 0 Å². The lowest BCUT2D eigenvalue weighted by Gasteiger charge is -2.27. The Bertz CT molecular complexity index is 782. The zero-order chi connectivity index (χ0) is 25.6. The molecule has 1 aliphatic carbocycles. The highest BCUT2D eigenvalue weighted by atomic mass is 16.5. The highest BCUT2D eigenvalue weighted by molar-refractivity contribution is 5.92. The second-order valence-electron chi connectivity index (χ2n) is 9.11. The van der Waals surface area contributed by atoms with Crippen molar-refractivity contribution in [3.8, 4) is 0 Å². The van der Waals surface area contributed by atoms with Gasteiger partial charge in [-0.05, 0) is 32.6 Å². The Morgan fingerprint density at radius 2 is 0.971 bits per heavy atom. The van der Waals surface area contributed by atoms with E-state index < -0.39 is 5.60 Å². The molecule has 0 aromatic rings. The topological polar surface area (TPSA) is 162 Å². The van der Waals surface area contributed by atoms with Crippen LogP contribution in [-0.4, -0.2) is 52.7 Å². The Kier molecular flexibility index (Phi) is 13.3. The van der Waals surface area contributed by atoms with Gasteiger partial charge in [0.15, 0.2) is 0 Å². The first-order chi connectivity index (χ1) is 16.0. The van der Waals surface area contributed by atoms with Crippen molar-refractivity contribution in [3.05, 3.63) is 0 Å². The molecule has 0 atom stereocenters. The van der Waals surface area contributed by atoms with Gasteiger partial charge in [-0.15, -0.1) is 0 Å². The minimum Gasteiger partial charge on any atom is -0.385 e. The van der Waals surface area contributed by atoms with Crippen molar-refractivity contribution >= 4 is 40.5 Å². The number of nitrogens with one attached hydrogen (secondary N) is 1. The fourth-order valence-corrected chi connectivity index (χ4v) is 3.85. The van der Waals surface area contributed by atoms with Gasteiger partial charge in [0, 0.05) is 70.6 Å². The molecule has 0 aromatic carbocycles. The summed E-state index contributed by atoms with van der Waals surface area (Å²) in [5.74, 6) is -0.889. The third-order valence-electron chi connectivity index (χ3n) is 6.15. The van der Waals surface area contributed by atoms with Crippen molar-refractivity contribution in [3.63, 3.8) is 0 Å². The Balaban J connectivity index is 2.13. The van der Waals surface area contributed by atoms with E-state index in [0.29, 0.717) is 12.8 Å². The maximum Gasteiger partial charge on any atom is 0.135 e. The first-order valence-corrected chi connectivity index (χ1v) is 12.1. The number of ether oxygens (including phenoxy) is 1. The SMILES string of the molecule is CC(=O)CCC(=O)CCC(=O)CCC(=O)CCC(=O)CCC(=O)CCOC1(C(=N)N)CCCC1. The van der Waals surface area contributed by atoms with Crippen molar-refractivity contribution in [2.24, 2.45) is 5.73 Å². The first kappa shape index (κ1) is 29.5. The summed E-state index contributed by atoms with van der Waals surface area (Å²) in [6.45, 7) is 1.58. The van der Waals surface area contributed by atoms with Gasteiger partial charge < -0.3 is 15.3 Å². The van der Waals surface area contributed by atoms with E-state index in [-0.39, 0.29) is 118 Å². The molecule has 1 fully saturated rings. The maximum atomic E-state index is 12.0. The predicted molar refractivity (Wildman–Crippen MR) is 126 cm³/mol. The van der Waals surface area contributed by atoms with Crippen LogP contribution >= 0.6 is 0 Å². The van der Waals surface area contributed by atoms with Gasteiger partial charge in [0.25, 0.3) is 0 Å². The number of amidine groups is 1. The molecule has 0 aliphatic heterocycles. The van der Waals surface area contributed by atoms with Crippen LogP contribution < -0.4 is 5.73 Å². The first-order valence-electron chi connectivity index (χ1n) is 12.1. The van der Waals surface area contributed by atoms with Crippen LogP contribution in [0.25, 0.3) is 0 Å². The highest BCUT2D eigenvalue weighted by Crippen LogP contribution is 2.33. The van der Waals surface area contributed by atoms with Crippen LogP contribution in [0.1, 0.15) is 103 Å². The molecule has 34 heavy (non-hydrogen) atoms. The minimum atomic E-state index is -0.747. The van der Waals surface area contributed by atoms with E-state index in [0.717, 1.165) is 12.8 Å². The summed E-state index contributed by atoms with van der Waals surface area (Å²) in [6.07, 6.45) is 4.14. The molecular weight excluding hydrogens is 440 g/mol. The summed E-state index contributed by atoms with van der Waals surface area (Å²) in [7, 11) is 0. The van der Waals surface area contributed by atoms with Crippen molar-refractivity contribution in [1.82, 2.24) is 0 Å². The standard InChI is InChI=1S/C25H38N2O7/c1-18(28)4-5-19(29)6-7-20(30)8-9-21(31)10-11-22(32)12-13-23(33)14-17-34-25(24(26)27)15-2-3-16-25/h2-17H2,1H3,(H3,26,27). The number of carbonyl (C=O) groups excluding carboxylic acids is 6. The van der Waals surface area contributed by atoms with Gasteiger partial charge >= 0.3 is 0 Å². The zero-order valence-electron chi connectivity index (χ0n) is 20.2. The van der Waals surface area contributed by atoms with Gasteiger partial charge in [0.05, 0.1) is 6.61 Å². The molecule has 0 bridgehead atoms. The average Bonchev–Trinajstić information content (AvgIpc) is 3.27. The summed E-state index contributed by atoms with van der Waals surface area (Å²) in [4.78, 5) is 70.2. The fraction of sp³-hybridized carbons (Fsp3) is 0.720. The molecule has 0 amide bonds. The molecule has 0 unspecified atom stereocenters. The summed E-state index contributed by atoms with van der Waals surface area (Å²) in [5, 5.41) is 7.72. The third kappa shape index (κ3) is 12.1. The largest absolute Gasteiger partial charge is 0.385 e. The highest BCUT2D eigenvalue weighted by Gasteiger charge is 2.38. The smallest absolute Gasteiger partial charge is 0.135 e. The number of hydrogen-bond donors (Lipinski definition) is 2. The summed E-state index contributed by atoms with van der Waals surface area (Å²) < 4.78 is 5.75. The van der Waals surface area contributed by atoms with Gasteiger partial charge in [0.2, 0.25) is 0 Å². The van der Waals surface area contributed by atoms with Crippen LogP contribution in [0.15, 0.2) is 0 Å². The maximum absolute atomic E-state index is 12.0. The quantitative estimate of drug-likeness (QED) is 0.199. The molecule has 0 radical (unpaired) electrons. The molecule has 3 N–H and O–H groups in total. The van der Waals surface area contributed by atoms with E-state index in [1.807, 2.05) is 0 Å². The van der Waals surface area contributed by atoms with Gasteiger partial charge in [-0.25, -0.2) is 0 Å². The van der Waals surface area contributed by atoms with Gasteiger partial charge in [-0.3, -0.25) is 29.4 Å². The molecular formula is C25H38N2O7. The molecule has 0 heterocycles. The van der Waals surface area contributed by atoms with Crippen molar-refractivity contribution < 1.29 is 33.5 Å². The van der Waals surface area contributed by atoms with E-state index >= 15 is 0 Å². The summed E-state index contributed by atoms with van der Waals surface area (Å²) in [5.41, 5.74) is 4.90. The number of rotatable bonds is 20. The number of carbonyl (C=O) groups is 6. The lowest BCUT2D eigenvalue weighted by atomic mass is 10.0. The van der Waals surface area contributed by atoms with Crippen LogP contribution in [0.5, 0.6) is 0 Å². The number of Topliss-reactive ketones (excluding diaryl/α,β-unsaturated/α-hetero) is 6. The Morgan fingerprint density at radius 1 is 0.647 bits per heavy atom. The predicted octanol–water partition coefficient (Wildman–Crippen LogP) is 2.98. The molecule has 0 saturated heterocycles. The molecule has 0 aromatic heterocycles. The molecule has 190 valence electrons. The summed E-state index contributed by atoms with van der Waals surface area (Å²) >= 11 is 0. The lowest BCUT2D eigenvalue weighted by molar-refractivity contribution is -0.128. The molecule has 1 aliphatic rings. The normalized spacial score (nSPS) is 14.5. The van der Waals surface area contributed by atoms with E-state index in [1.165, 1.54) is 6.92 Å². The van der Waals surface area contributed by atoms with Crippen LogP contribution in [0.4, 0.5) is 0 Å². The van der Waals surface area contributed by atoms with Gasteiger partial charge in [0.1, 0.15) is 46.1 Å². The minimum absolute atomic E-state index is 0.00264. The van der Waals surface area contributed by atoms with Gasteiger partial charge in [-0.2, -0.15) is 0 Å². The van der Waals surface area contributed by atoms with Crippen LogP contribution in [0.2, 0.25) is 0 Å². The van der Waals surface area contributed by atoms with E-state index in [1.54, 1.807) is 0 Å². The molecule has 9 nitrogen and oxygen atoms in total. The Hall–Kier alpha value is -2.55. The molecule has 0 spiro atoms. The van der Waals surface area contributed by atoms with E-state index in [4.69, 9.17) is 15.9 Å². The van der Waals surface area contributed by atoms with E-state index in [2.05, 4.69) is 0 Å². The second kappa shape index (κ2) is 15.4. The van der Waals surface area contributed by atoms with Crippen molar-refractivity contribution in [2.75, 3.05) is 6.61 Å². The lowest BCUT2D eigenvalue weighted by Crippen LogP contribution is -2.43. The van der Waals surface area contributed by atoms with Crippen molar-refractivity contribution in [1.29, 1.82) is 5.41 Å². The zero-order valence-corrected chi connectivity index (χ0v) is 20.2. The fourth-order valence-electron chi connectivity index (χ4n) is 3.85. The molecule has 9 heteroatoms. The molecule has 1 saturated carbocycles. The van der Waals surface area contributed by atoms with Crippen LogP contribution in [0.3, 0.4) is 0 Å². The Morgan fingerprint density at radius 3 is 1.29 bits per heavy atom. The van der Waals surface area contributed by atoms with Crippen molar-refractivity contribution in [2.45, 2.75) is 109 Å². The average molecular weight is 479 g/mol. The number of nitrogens with two attached hydrogens (primary N) is 1. The number of ketones is 6. The Labute approximate surface area is 201 Å². The summed E-state index contributed by atoms with van der Waals surface area (Å²) in [6, 6.07) is 0. The second-order valence-corrected chi connectivity index (χ2v) is 9.11. The van der Waals surface area contributed by atoms with Crippen LogP contribution in [0, 0.1) is 5.41 Å². The number of hydrogen-bond acceptors (Lipinski definition) is 8. The molecule has 1 rings (SSSR count). The van der Waals surface area contributed by atoms with Crippen LogP contribution in [-0.2, 0) is 33.5 Å². The monoisotopic (exact) mass is 478 g/mol. The third-order valence-corrected chi connectivity index (χ3v) is 6.15. The van der Waals surface area contributed by atoms with E-state index in [9.17, 15) is 28.8 Å².